The summed E-state index contributed by atoms with van der Waals surface area (Å²) in [4.78, 5) is 5.96. The highest BCUT2D eigenvalue weighted by Crippen LogP contribution is 2.32. The van der Waals surface area contributed by atoms with Gasteiger partial charge in [-0.25, -0.2) is 4.98 Å². The third-order valence-corrected chi connectivity index (χ3v) is 4.51. The second-order valence-corrected chi connectivity index (χ2v) is 5.87. The molecule has 0 radical (unpaired) electrons. The van der Waals surface area contributed by atoms with Gasteiger partial charge in [0.15, 0.2) is 0 Å². The van der Waals surface area contributed by atoms with Crippen molar-refractivity contribution < 1.29 is 0 Å². The Morgan fingerprint density at radius 1 is 1.28 bits per heavy atom. The number of rotatable bonds is 4. The minimum absolute atomic E-state index is 0.0172. The molecule has 0 aliphatic heterocycles. The van der Waals surface area contributed by atoms with E-state index in [1.54, 1.807) is 11.3 Å². The molecular weight excluding hydrogens is 240 g/mol. The second-order valence-electron chi connectivity index (χ2n) is 4.63. The number of aryl methyl sites for hydroxylation is 2. The predicted octanol–water partition coefficient (Wildman–Crippen LogP) is 3.82. The SMILES string of the molecule is CCc1nc(C(N)C(C)c2ccccc2)sc1C. The third-order valence-electron chi connectivity index (χ3n) is 3.39. The zero-order valence-corrected chi connectivity index (χ0v) is 12.0. The minimum Gasteiger partial charge on any atom is -0.321 e. The summed E-state index contributed by atoms with van der Waals surface area (Å²) in [6.07, 6.45) is 0.981. The maximum absolute atomic E-state index is 6.36. The number of thiazole rings is 1. The normalized spacial score (nSPS) is 14.4. The Labute approximate surface area is 113 Å². The lowest BCUT2D eigenvalue weighted by atomic mass is 9.94. The smallest absolute Gasteiger partial charge is 0.110 e. The number of nitrogens with zero attached hydrogens (tertiary/aromatic N) is 1. The van der Waals surface area contributed by atoms with Crippen molar-refractivity contribution in [3.05, 3.63) is 51.5 Å². The van der Waals surface area contributed by atoms with Gasteiger partial charge in [0.05, 0.1) is 11.7 Å². The van der Waals surface area contributed by atoms with Crippen molar-refractivity contribution in [3.63, 3.8) is 0 Å². The summed E-state index contributed by atoms with van der Waals surface area (Å²) in [6.45, 7) is 6.43. The van der Waals surface area contributed by atoms with Crippen molar-refractivity contribution in [1.82, 2.24) is 4.98 Å². The molecule has 2 atom stereocenters. The van der Waals surface area contributed by atoms with E-state index in [0.717, 1.165) is 11.4 Å². The van der Waals surface area contributed by atoms with Gasteiger partial charge in [-0.3, -0.25) is 0 Å². The van der Waals surface area contributed by atoms with Gasteiger partial charge in [0, 0.05) is 10.8 Å². The van der Waals surface area contributed by atoms with Crippen molar-refractivity contribution >= 4 is 11.3 Å². The van der Waals surface area contributed by atoms with Gasteiger partial charge >= 0.3 is 0 Å². The van der Waals surface area contributed by atoms with E-state index < -0.39 is 0 Å². The van der Waals surface area contributed by atoms with E-state index in [2.05, 4.69) is 50.0 Å². The van der Waals surface area contributed by atoms with E-state index in [9.17, 15) is 0 Å². The Morgan fingerprint density at radius 2 is 1.94 bits per heavy atom. The first kappa shape index (κ1) is 13.2. The van der Waals surface area contributed by atoms with Crippen molar-refractivity contribution in [2.75, 3.05) is 0 Å². The zero-order chi connectivity index (χ0) is 13.1. The zero-order valence-electron chi connectivity index (χ0n) is 11.2. The monoisotopic (exact) mass is 260 g/mol. The molecular formula is C15H20N2S. The lowest BCUT2D eigenvalue weighted by molar-refractivity contribution is 0.593. The van der Waals surface area contributed by atoms with E-state index in [1.165, 1.54) is 16.1 Å². The molecule has 0 amide bonds. The van der Waals surface area contributed by atoms with Crippen molar-refractivity contribution in [1.29, 1.82) is 0 Å². The van der Waals surface area contributed by atoms with Crippen LogP contribution in [-0.4, -0.2) is 4.98 Å². The van der Waals surface area contributed by atoms with Crippen molar-refractivity contribution in [2.24, 2.45) is 5.73 Å². The van der Waals surface area contributed by atoms with Crippen LogP contribution < -0.4 is 5.73 Å². The van der Waals surface area contributed by atoms with Crippen LogP contribution in [0.25, 0.3) is 0 Å². The Kier molecular flexibility index (Phi) is 4.15. The molecule has 2 nitrogen and oxygen atoms in total. The highest BCUT2D eigenvalue weighted by atomic mass is 32.1. The summed E-state index contributed by atoms with van der Waals surface area (Å²) in [7, 11) is 0. The van der Waals surface area contributed by atoms with Crippen molar-refractivity contribution in [3.8, 4) is 0 Å². The first-order chi connectivity index (χ1) is 8.63. The maximum atomic E-state index is 6.36. The lowest BCUT2D eigenvalue weighted by Crippen LogP contribution is -2.17. The third kappa shape index (κ3) is 2.62. The van der Waals surface area contributed by atoms with Gasteiger partial charge in [-0.05, 0) is 18.9 Å². The number of hydrogen-bond donors (Lipinski definition) is 1. The standard InChI is InChI=1S/C15H20N2S/c1-4-13-11(3)18-15(17-13)14(16)10(2)12-8-6-5-7-9-12/h5-10,14H,4,16H2,1-3H3. The van der Waals surface area contributed by atoms with Gasteiger partial charge in [-0.1, -0.05) is 44.2 Å². The fourth-order valence-corrected chi connectivity index (χ4v) is 3.22. The summed E-state index contributed by atoms with van der Waals surface area (Å²) in [5.41, 5.74) is 8.82. The molecule has 96 valence electrons. The molecule has 3 heteroatoms. The molecule has 18 heavy (non-hydrogen) atoms. The Bertz CT molecular complexity index is 504. The van der Waals surface area contributed by atoms with Crippen LogP contribution in [0.5, 0.6) is 0 Å². The minimum atomic E-state index is -0.0172. The van der Waals surface area contributed by atoms with Gasteiger partial charge in [-0.2, -0.15) is 0 Å². The first-order valence-corrected chi connectivity index (χ1v) is 7.21. The van der Waals surface area contributed by atoms with Crippen LogP contribution in [0.2, 0.25) is 0 Å². The van der Waals surface area contributed by atoms with Gasteiger partial charge in [-0.15, -0.1) is 11.3 Å². The Hall–Kier alpha value is -1.19. The van der Waals surface area contributed by atoms with Crippen LogP contribution in [0.3, 0.4) is 0 Å². The van der Waals surface area contributed by atoms with Crippen LogP contribution in [0.1, 0.15) is 46.9 Å². The number of nitrogens with two attached hydrogens (primary N) is 1. The molecule has 0 saturated carbocycles. The molecule has 1 aromatic carbocycles. The average molecular weight is 260 g/mol. The fraction of sp³-hybridized carbons (Fsp3) is 0.400. The lowest BCUT2D eigenvalue weighted by Gasteiger charge is -2.18. The molecule has 2 rings (SSSR count). The fourth-order valence-electron chi connectivity index (χ4n) is 2.10. The second kappa shape index (κ2) is 5.63. The van der Waals surface area contributed by atoms with E-state index in [1.807, 2.05) is 6.07 Å². The Morgan fingerprint density at radius 3 is 2.50 bits per heavy atom. The van der Waals surface area contributed by atoms with E-state index in [-0.39, 0.29) is 6.04 Å². The van der Waals surface area contributed by atoms with Crippen LogP contribution in [0.15, 0.2) is 30.3 Å². The van der Waals surface area contributed by atoms with Gasteiger partial charge < -0.3 is 5.73 Å². The molecule has 2 aromatic rings. The summed E-state index contributed by atoms with van der Waals surface area (Å²) in [6, 6.07) is 10.4. The molecule has 0 bridgehead atoms. The summed E-state index contributed by atoms with van der Waals surface area (Å²) >= 11 is 1.73. The molecule has 1 aromatic heterocycles. The highest BCUT2D eigenvalue weighted by Gasteiger charge is 2.20. The van der Waals surface area contributed by atoms with Crippen LogP contribution in [-0.2, 0) is 6.42 Å². The van der Waals surface area contributed by atoms with Crippen LogP contribution in [0.4, 0.5) is 0 Å². The molecule has 0 aliphatic carbocycles. The molecule has 0 fully saturated rings. The van der Waals surface area contributed by atoms with Crippen LogP contribution >= 0.6 is 11.3 Å². The first-order valence-electron chi connectivity index (χ1n) is 6.40. The Balaban J connectivity index is 2.22. The highest BCUT2D eigenvalue weighted by molar-refractivity contribution is 7.11. The number of aromatic nitrogens is 1. The topological polar surface area (TPSA) is 38.9 Å². The maximum Gasteiger partial charge on any atom is 0.110 e. The molecule has 2 N–H and O–H groups in total. The predicted molar refractivity (Wildman–Crippen MR) is 78.0 cm³/mol. The van der Waals surface area contributed by atoms with E-state index >= 15 is 0 Å². The molecule has 0 saturated heterocycles. The van der Waals surface area contributed by atoms with Gasteiger partial charge in [0.2, 0.25) is 0 Å². The summed E-state index contributed by atoms with van der Waals surface area (Å²) < 4.78 is 0. The van der Waals surface area contributed by atoms with Crippen molar-refractivity contribution in [2.45, 2.75) is 39.2 Å². The van der Waals surface area contributed by atoms with Gasteiger partial charge in [0.25, 0.3) is 0 Å². The summed E-state index contributed by atoms with van der Waals surface area (Å²) in [5, 5.41) is 1.06. The van der Waals surface area contributed by atoms with E-state index in [4.69, 9.17) is 5.73 Å². The van der Waals surface area contributed by atoms with Crippen LogP contribution in [0, 0.1) is 6.92 Å². The average Bonchev–Trinajstić information content (AvgIpc) is 2.79. The number of hydrogen-bond acceptors (Lipinski definition) is 3. The quantitative estimate of drug-likeness (QED) is 0.907. The largest absolute Gasteiger partial charge is 0.321 e. The van der Waals surface area contributed by atoms with E-state index in [0.29, 0.717) is 5.92 Å². The summed E-state index contributed by atoms with van der Waals surface area (Å²) in [5.74, 6) is 0.293. The molecule has 0 spiro atoms. The molecule has 2 unspecified atom stereocenters. The number of benzene rings is 1. The van der Waals surface area contributed by atoms with Gasteiger partial charge in [0.1, 0.15) is 5.01 Å². The molecule has 1 heterocycles. The molecule has 0 aliphatic rings.